The molecule has 0 unspecified atom stereocenters. The van der Waals surface area contributed by atoms with Gasteiger partial charge in [0.25, 0.3) is 5.91 Å². The number of nitrogens with one attached hydrogen (secondary N) is 1. The van der Waals surface area contributed by atoms with Gasteiger partial charge in [-0.05, 0) is 52.3 Å². The van der Waals surface area contributed by atoms with Gasteiger partial charge in [0, 0.05) is 12.1 Å². The highest BCUT2D eigenvalue weighted by Gasteiger charge is 2.24. The second kappa shape index (κ2) is 10.1. The Bertz CT molecular complexity index is 1250. The van der Waals surface area contributed by atoms with Crippen molar-refractivity contribution in [3.63, 3.8) is 0 Å². The van der Waals surface area contributed by atoms with Crippen LogP contribution in [0, 0.1) is 24.4 Å². The van der Waals surface area contributed by atoms with E-state index in [1.165, 1.54) is 10.6 Å². The van der Waals surface area contributed by atoms with Crippen molar-refractivity contribution < 1.29 is 22.7 Å². The predicted molar refractivity (Wildman–Crippen MR) is 122 cm³/mol. The number of anilines is 1. The van der Waals surface area contributed by atoms with Crippen LogP contribution in [0.1, 0.15) is 62.8 Å². The quantitative estimate of drug-likeness (QED) is 0.487. The van der Waals surface area contributed by atoms with Crippen LogP contribution in [0.3, 0.4) is 0 Å². The van der Waals surface area contributed by atoms with E-state index in [1.807, 2.05) is 6.92 Å². The number of nitrogens with zero attached hydrogens (tertiary/aromatic N) is 3. The number of carbonyl (C=O) groups is 1. The van der Waals surface area contributed by atoms with Gasteiger partial charge in [-0.15, -0.1) is 0 Å². The van der Waals surface area contributed by atoms with Crippen molar-refractivity contribution in [3.8, 4) is 11.4 Å². The van der Waals surface area contributed by atoms with Gasteiger partial charge >= 0.3 is 5.69 Å². The molecule has 7 nitrogen and oxygen atoms in total. The van der Waals surface area contributed by atoms with E-state index in [0.717, 1.165) is 35.4 Å². The number of carbonyl (C=O) groups excluding carboxylic acids is 1. The lowest BCUT2D eigenvalue weighted by atomic mass is 10.1. The lowest BCUT2D eigenvalue weighted by Gasteiger charge is -2.18. The summed E-state index contributed by atoms with van der Waals surface area (Å²) in [5.74, 6) is -3.51. The summed E-state index contributed by atoms with van der Waals surface area (Å²) in [6.07, 6.45) is 1.07. The monoisotopic (exact) mass is 476 g/mol. The van der Waals surface area contributed by atoms with Crippen LogP contribution in [0.15, 0.2) is 35.1 Å². The van der Waals surface area contributed by atoms with Crippen molar-refractivity contribution in [2.24, 2.45) is 0 Å². The Morgan fingerprint density at radius 2 is 1.76 bits per heavy atom. The van der Waals surface area contributed by atoms with Crippen LogP contribution in [-0.4, -0.2) is 26.4 Å². The fourth-order valence-corrected chi connectivity index (χ4v) is 3.69. The molecule has 10 heteroatoms. The molecule has 1 amide bonds. The van der Waals surface area contributed by atoms with Gasteiger partial charge in [0.2, 0.25) is 0 Å². The van der Waals surface area contributed by atoms with Crippen molar-refractivity contribution in [1.29, 1.82) is 0 Å². The molecule has 0 saturated heterocycles. The summed E-state index contributed by atoms with van der Waals surface area (Å²) in [7, 11) is 0. The van der Waals surface area contributed by atoms with Crippen molar-refractivity contribution >= 4 is 11.6 Å². The maximum absolute atomic E-state index is 15.2. The van der Waals surface area contributed by atoms with Gasteiger partial charge in [0.1, 0.15) is 40.4 Å². The van der Waals surface area contributed by atoms with Crippen molar-refractivity contribution in [2.75, 3.05) is 5.32 Å². The van der Waals surface area contributed by atoms with Crippen LogP contribution in [0.4, 0.5) is 18.9 Å². The summed E-state index contributed by atoms with van der Waals surface area (Å²) < 4.78 is 51.5. The third-order valence-electron chi connectivity index (χ3n) is 5.24. The first-order valence-electron chi connectivity index (χ1n) is 11.0. The number of hydrogen-bond acceptors (Lipinski definition) is 4. The first kappa shape index (κ1) is 25.1. The minimum absolute atomic E-state index is 0.0461. The first-order valence-corrected chi connectivity index (χ1v) is 11.0. The van der Waals surface area contributed by atoms with Gasteiger partial charge < -0.3 is 10.1 Å². The largest absolute Gasteiger partial charge is 0.490 e. The molecule has 34 heavy (non-hydrogen) atoms. The summed E-state index contributed by atoms with van der Waals surface area (Å²) in [5, 5.41) is 6.30. The van der Waals surface area contributed by atoms with Gasteiger partial charge in [-0.1, -0.05) is 19.4 Å². The van der Waals surface area contributed by atoms with Crippen LogP contribution < -0.4 is 15.7 Å². The van der Waals surface area contributed by atoms with E-state index in [0.29, 0.717) is 12.2 Å². The fourth-order valence-electron chi connectivity index (χ4n) is 3.69. The highest BCUT2D eigenvalue weighted by atomic mass is 19.1. The molecule has 1 atom stereocenters. The van der Waals surface area contributed by atoms with Crippen molar-refractivity contribution in [1.82, 2.24) is 14.3 Å². The highest BCUT2D eigenvalue weighted by Crippen LogP contribution is 2.29. The van der Waals surface area contributed by atoms with Gasteiger partial charge in [-0.3, -0.25) is 9.36 Å². The maximum atomic E-state index is 15.2. The smallest absolute Gasteiger partial charge is 0.351 e. The van der Waals surface area contributed by atoms with Crippen molar-refractivity contribution in [2.45, 2.75) is 59.6 Å². The van der Waals surface area contributed by atoms with E-state index >= 15 is 4.39 Å². The predicted octanol–water partition coefficient (Wildman–Crippen LogP) is 5.16. The molecule has 3 aromatic rings. The maximum Gasteiger partial charge on any atom is 0.351 e. The molecule has 3 rings (SSSR count). The molecule has 182 valence electrons. The molecule has 0 fully saturated rings. The Morgan fingerprint density at radius 3 is 2.32 bits per heavy atom. The Balaban J connectivity index is 2.12. The van der Waals surface area contributed by atoms with E-state index in [4.69, 9.17) is 4.74 Å². The molecule has 1 N–H and O–H groups in total. The van der Waals surface area contributed by atoms with E-state index < -0.39 is 34.7 Å². The minimum Gasteiger partial charge on any atom is -0.490 e. The Hall–Kier alpha value is -3.56. The molecule has 0 spiro atoms. The van der Waals surface area contributed by atoms with Gasteiger partial charge in [0.15, 0.2) is 0 Å². The number of aromatic nitrogens is 3. The molecular formula is C24H27F3N4O3. The van der Waals surface area contributed by atoms with Crippen LogP contribution in [0.2, 0.25) is 0 Å². The SMILES string of the molecule is CCC[C@H](C)Oc1cc(-n2nc(C)n(C(C)C)c2=O)c(F)cc1C(=O)Nc1c(F)cccc1F. The zero-order valence-electron chi connectivity index (χ0n) is 19.7. The van der Waals surface area contributed by atoms with Crippen molar-refractivity contribution in [3.05, 3.63) is 69.7 Å². The topological polar surface area (TPSA) is 78.2 Å². The van der Waals surface area contributed by atoms with E-state index in [9.17, 15) is 18.4 Å². The van der Waals surface area contributed by atoms with Crippen LogP contribution in [-0.2, 0) is 0 Å². The van der Waals surface area contributed by atoms with E-state index in [-0.39, 0.29) is 29.1 Å². The Labute approximate surface area is 195 Å². The molecular weight excluding hydrogens is 449 g/mol. The number of rotatable bonds is 8. The average molecular weight is 476 g/mol. The summed E-state index contributed by atoms with van der Waals surface area (Å²) in [6.45, 7) is 8.95. The number of ether oxygens (including phenoxy) is 1. The lowest BCUT2D eigenvalue weighted by molar-refractivity contribution is 0.101. The van der Waals surface area contributed by atoms with Crippen LogP contribution in [0.5, 0.6) is 5.75 Å². The van der Waals surface area contributed by atoms with Gasteiger partial charge in [-0.2, -0.15) is 9.78 Å². The molecule has 0 aliphatic rings. The number of halogens is 3. The third kappa shape index (κ3) is 5.00. The molecule has 1 heterocycles. The Morgan fingerprint density at radius 1 is 1.12 bits per heavy atom. The molecule has 0 saturated carbocycles. The summed E-state index contributed by atoms with van der Waals surface area (Å²) in [6, 6.07) is 5.00. The number of hydrogen-bond donors (Lipinski definition) is 1. The standard InChI is InChI=1S/C24H27F3N4O3/c1-6-8-14(4)34-21-12-20(31-24(33)30(13(2)3)15(5)29-31)19(27)11-16(21)23(32)28-22-17(25)9-7-10-18(22)26/h7,9-14H,6,8H2,1-5H3,(H,28,32)/t14-/m0/s1. The molecule has 0 radical (unpaired) electrons. The molecule has 0 bridgehead atoms. The highest BCUT2D eigenvalue weighted by molar-refractivity contribution is 6.06. The number of amides is 1. The zero-order chi connectivity index (χ0) is 25.2. The third-order valence-corrected chi connectivity index (χ3v) is 5.24. The molecule has 1 aromatic heterocycles. The summed E-state index contributed by atoms with van der Waals surface area (Å²) in [5.41, 5.74) is -1.70. The number of para-hydroxylation sites is 1. The van der Waals surface area contributed by atoms with Crippen LogP contribution >= 0.6 is 0 Å². The molecule has 0 aliphatic carbocycles. The lowest BCUT2D eigenvalue weighted by Crippen LogP contribution is -2.26. The second-order valence-electron chi connectivity index (χ2n) is 8.27. The normalized spacial score (nSPS) is 12.1. The summed E-state index contributed by atoms with van der Waals surface area (Å²) >= 11 is 0. The minimum atomic E-state index is -0.978. The fraction of sp³-hybridized carbons (Fsp3) is 0.375. The summed E-state index contributed by atoms with van der Waals surface area (Å²) in [4.78, 5) is 25.8. The van der Waals surface area contributed by atoms with Gasteiger partial charge in [-0.25, -0.2) is 18.0 Å². The number of aryl methyl sites for hydroxylation is 1. The van der Waals surface area contributed by atoms with E-state index in [2.05, 4.69) is 10.4 Å². The average Bonchev–Trinajstić information content (AvgIpc) is 3.05. The number of benzene rings is 2. The molecule has 2 aromatic carbocycles. The first-order chi connectivity index (χ1) is 16.0. The Kier molecular flexibility index (Phi) is 7.48. The van der Waals surface area contributed by atoms with E-state index in [1.54, 1.807) is 27.7 Å². The second-order valence-corrected chi connectivity index (χ2v) is 8.27. The molecule has 0 aliphatic heterocycles. The zero-order valence-corrected chi connectivity index (χ0v) is 19.7. The van der Waals surface area contributed by atoms with Gasteiger partial charge in [0.05, 0.1) is 11.7 Å². The van der Waals surface area contributed by atoms with Crippen LogP contribution in [0.25, 0.3) is 5.69 Å².